The van der Waals surface area contributed by atoms with E-state index in [1.165, 1.54) is 0 Å². The summed E-state index contributed by atoms with van der Waals surface area (Å²) in [5, 5.41) is 12.8. The topological polar surface area (TPSA) is 72.9 Å². The highest BCUT2D eigenvalue weighted by atomic mass is 15.3. The Bertz CT molecular complexity index is 1100. The van der Waals surface area contributed by atoms with Crippen molar-refractivity contribution in [3.63, 3.8) is 0 Å². The van der Waals surface area contributed by atoms with Gasteiger partial charge in [-0.2, -0.15) is 10.2 Å². The van der Waals surface area contributed by atoms with Gasteiger partial charge < -0.3 is 5.32 Å². The van der Waals surface area contributed by atoms with Crippen LogP contribution in [0.2, 0.25) is 0 Å². The van der Waals surface area contributed by atoms with Crippen LogP contribution in [0.5, 0.6) is 0 Å². The lowest BCUT2D eigenvalue weighted by molar-refractivity contribution is 0.345. The molecule has 1 fully saturated rings. The molecule has 7 heteroatoms. The lowest BCUT2D eigenvalue weighted by Gasteiger charge is -2.22. The molecule has 0 aliphatic carbocycles. The predicted octanol–water partition coefficient (Wildman–Crippen LogP) is 2.68. The minimum atomic E-state index is 0.458. The van der Waals surface area contributed by atoms with Gasteiger partial charge in [0.25, 0.3) is 0 Å². The third-order valence-electron chi connectivity index (χ3n) is 5.06. The van der Waals surface area contributed by atoms with E-state index in [9.17, 15) is 0 Å². The van der Waals surface area contributed by atoms with E-state index < -0.39 is 0 Å². The molecule has 5 rings (SSSR count). The van der Waals surface area contributed by atoms with Crippen LogP contribution in [0.3, 0.4) is 0 Å². The maximum Gasteiger partial charge on any atom is 0.156 e. The van der Waals surface area contributed by atoms with Gasteiger partial charge in [0.15, 0.2) is 5.65 Å². The number of hydrogen-bond donors (Lipinski definition) is 1. The summed E-state index contributed by atoms with van der Waals surface area (Å²) in [6.07, 6.45) is 6.23. The third-order valence-corrected chi connectivity index (χ3v) is 5.06. The van der Waals surface area contributed by atoms with Crippen LogP contribution in [0.25, 0.3) is 28.1 Å². The number of pyridine rings is 1. The summed E-state index contributed by atoms with van der Waals surface area (Å²) in [6.45, 7) is 6.13. The SMILES string of the molecule is Cc1cn2nc(-c3ccc4nn(C5CCNCC5)cc4n3)cc(C)c2n1. The van der Waals surface area contributed by atoms with E-state index in [2.05, 4.69) is 33.2 Å². The van der Waals surface area contributed by atoms with Crippen LogP contribution in [-0.4, -0.2) is 42.5 Å². The average molecular weight is 347 g/mol. The summed E-state index contributed by atoms with van der Waals surface area (Å²) in [4.78, 5) is 9.33. The molecule has 7 nitrogen and oxygen atoms in total. The van der Waals surface area contributed by atoms with E-state index in [1.807, 2.05) is 35.8 Å². The van der Waals surface area contributed by atoms with Crippen molar-refractivity contribution >= 4 is 16.7 Å². The monoisotopic (exact) mass is 347 g/mol. The molecule has 1 aliphatic rings. The molecule has 0 atom stereocenters. The van der Waals surface area contributed by atoms with Crippen LogP contribution in [-0.2, 0) is 0 Å². The first kappa shape index (κ1) is 15.5. The molecule has 0 unspecified atom stereocenters. The van der Waals surface area contributed by atoms with E-state index in [1.54, 1.807) is 0 Å². The number of aromatic nitrogens is 6. The molecule has 0 bridgehead atoms. The van der Waals surface area contributed by atoms with Crippen molar-refractivity contribution in [1.82, 2.24) is 34.7 Å². The fourth-order valence-electron chi connectivity index (χ4n) is 3.70. The van der Waals surface area contributed by atoms with Crippen LogP contribution >= 0.6 is 0 Å². The Morgan fingerprint density at radius 1 is 0.962 bits per heavy atom. The smallest absolute Gasteiger partial charge is 0.156 e. The van der Waals surface area contributed by atoms with Crippen LogP contribution in [0.4, 0.5) is 0 Å². The standard InChI is InChI=1S/C19H21N7/c1-12-9-17(24-26-10-13(2)21-19(12)26)15-3-4-16-18(22-15)11-25(23-16)14-5-7-20-8-6-14/h3-4,9-11,14,20H,5-8H2,1-2H3. The lowest BCUT2D eigenvalue weighted by Crippen LogP contribution is -2.29. The highest BCUT2D eigenvalue weighted by Gasteiger charge is 2.17. The Kier molecular flexibility index (Phi) is 3.49. The van der Waals surface area contributed by atoms with Gasteiger partial charge in [-0.25, -0.2) is 14.5 Å². The van der Waals surface area contributed by atoms with Crippen LogP contribution < -0.4 is 5.32 Å². The number of nitrogens with one attached hydrogen (secondary N) is 1. The summed E-state index contributed by atoms with van der Waals surface area (Å²) in [5.41, 5.74) is 6.51. The van der Waals surface area contributed by atoms with Crippen molar-refractivity contribution in [1.29, 1.82) is 0 Å². The Morgan fingerprint density at radius 3 is 2.65 bits per heavy atom. The number of imidazole rings is 1. The van der Waals surface area contributed by atoms with Crippen molar-refractivity contribution in [3.05, 3.63) is 41.9 Å². The fourth-order valence-corrected chi connectivity index (χ4v) is 3.70. The van der Waals surface area contributed by atoms with Gasteiger partial charge in [-0.15, -0.1) is 0 Å². The fraction of sp³-hybridized carbons (Fsp3) is 0.368. The van der Waals surface area contributed by atoms with E-state index in [-0.39, 0.29) is 0 Å². The number of piperidine rings is 1. The summed E-state index contributed by atoms with van der Waals surface area (Å²) in [5.74, 6) is 0. The number of nitrogens with zero attached hydrogens (tertiary/aromatic N) is 6. The highest BCUT2D eigenvalue weighted by Crippen LogP contribution is 2.24. The van der Waals surface area contributed by atoms with Gasteiger partial charge in [0, 0.05) is 0 Å². The third kappa shape index (κ3) is 2.55. The molecule has 4 aromatic heterocycles. The van der Waals surface area contributed by atoms with Crippen LogP contribution in [0.15, 0.2) is 30.6 Å². The predicted molar refractivity (Wildman–Crippen MR) is 100 cm³/mol. The lowest BCUT2D eigenvalue weighted by atomic mass is 10.1. The molecule has 5 heterocycles. The van der Waals surface area contributed by atoms with Crippen molar-refractivity contribution in [2.24, 2.45) is 0 Å². The van der Waals surface area contributed by atoms with Gasteiger partial charge in [0.05, 0.1) is 29.8 Å². The first-order chi connectivity index (χ1) is 12.7. The number of hydrogen-bond acceptors (Lipinski definition) is 5. The van der Waals surface area contributed by atoms with Crippen molar-refractivity contribution in [3.8, 4) is 11.4 Å². The normalized spacial score (nSPS) is 15.9. The minimum absolute atomic E-state index is 0.458. The summed E-state index contributed by atoms with van der Waals surface area (Å²) < 4.78 is 3.92. The van der Waals surface area contributed by atoms with Crippen molar-refractivity contribution in [2.75, 3.05) is 13.1 Å². The molecule has 1 aliphatic heterocycles. The van der Waals surface area contributed by atoms with Gasteiger partial charge in [-0.05, 0) is 63.5 Å². The first-order valence-electron chi connectivity index (χ1n) is 9.08. The van der Waals surface area contributed by atoms with Crippen molar-refractivity contribution < 1.29 is 0 Å². The summed E-state index contributed by atoms with van der Waals surface area (Å²) in [6, 6.07) is 6.54. The van der Waals surface area contributed by atoms with E-state index >= 15 is 0 Å². The summed E-state index contributed by atoms with van der Waals surface area (Å²) in [7, 11) is 0. The van der Waals surface area contributed by atoms with Gasteiger partial charge in [0.2, 0.25) is 0 Å². The minimum Gasteiger partial charge on any atom is -0.317 e. The Morgan fingerprint density at radius 2 is 1.81 bits per heavy atom. The molecule has 0 amide bonds. The maximum absolute atomic E-state index is 4.82. The maximum atomic E-state index is 4.82. The number of aryl methyl sites for hydroxylation is 2. The highest BCUT2D eigenvalue weighted by molar-refractivity contribution is 5.77. The zero-order chi connectivity index (χ0) is 17.7. The first-order valence-corrected chi connectivity index (χ1v) is 9.08. The molecule has 0 radical (unpaired) electrons. The van der Waals surface area contributed by atoms with Crippen LogP contribution in [0, 0.1) is 13.8 Å². The molecule has 26 heavy (non-hydrogen) atoms. The van der Waals surface area contributed by atoms with E-state index in [4.69, 9.17) is 10.1 Å². The average Bonchev–Trinajstić information content (AvgIpc) is 3.24. The molecule has 0 spiro atoms. The molecular weight excluding hydrogens is 326 g/mol. The molecule has 1 N–H and O–H groups in total. The Balaban J connectivity index is 1.56. The second-order valence-corrected chi connectivity index (χ2v) is 7.05. The largest absolute Gasteiger partial charge is 0.317 e. The second kappa shape index (κ2) is 5.88. The van der Waals surface area contributed by atoms with Crippen molar-refractivity contribution in [2.45, 2.75) is 32.7 Å². The number of fused-ring (bicyclic) bond motifs is 2. The Hall–Kier alpha value is -2.80. The van der Waals surface area contributed by atoms with E-state index in [0.29, 0.717) is 6.04 Å². The quantitative estimate of drug-likeness (QED) is 0.603. The van der Waals surface area contributed by atoms with Gasteiger partial charge >= 0.3 is 0 Å². The van der Waals surface area contributed by atoms with Gasteiger partial charge in [0.1, 0.15) is 16.7 Å². The molecule has 1 saturated heterocycles. The second-order valence-electron chi connectivity index (χ2n) is 7.05. The molecule has 0 aromatic carbocycles. The van der Waals surface area contributed by atoms with Gasteiger partial charge in [-0.1, -0.05) is 0 Å². The molecule has 4 aromatic rings. The zero-order valence-corrected chi connectivity index (χ0v) is 15.0. The molecule has 132 valence electrons. The van der Waals surface area contributed by atoms with E-state index in [0.717, 1.165) is 65.3 Å². The number of rotatable bonds is 2. The Labute approximate surface area is 151 Å². The molecule has 0 saturated carbocycles. The van der Waals surface area contributed by atoms with Crippen LogP contribution in [0.1, 0.15) is 30.1 Å². The summed E-state index contributed by atoms with van der Waals surface area (Å²) >= 11 is 0. The van der Waals surface area contributed by atoms with Gasteiger partial charge in [-0.3, -0.25) is 4.68 Å². The molecular formula is C19H21N7. The zero-order valence-electron chi connectivity index (χ0n) is 15.0.